The average Bonchev–Trinajstić information content (AvgIpc) is 3.55. The SMILES string of the molecule is CC1(C)c2ccccc2-c2c(-c3ccc4c(ccc5ccccc54)c3)c3c(c(N(c4ccccc4)c4ccccc4)c21)C(C)(C)c1ccccc1-3. The van der Waals surface area contributed by atoms with Crippen molar-refractivity contribution in [1.29, 1.82) is 0 Å². The number of anilines is 3. The Morgan fingerprint density at radius 3 is 1.45 bits per heavy atom. The van der Waals surface area contributed by atoms with E-state index in [4.69, 9.17) is 0 Å². The van der Waals surface area contributed by atoms with Crippen molar-refractivity contribution < 1.29 is 0 Å². The molecule has 0 atom stereocenters. The fourth-order valence-electron chi connectivity index (χ4n) is 9.50. The largest absolute Gasteiger partial charge is 0.310 e. The van der Waals surface area contributed by atoms with E-state index in [2.05, 4.69) is 196 Å². The normalized spacial score (nSPS) is 14.6. The maximum atomic E-state index is 2.55. The number of fused-ring (bicyclic) bond motifs is 9. The second-order valence-electron chi connectivity index (χ2n) is 15.3. The van der Waals surface area contributed by atoms with Crippen molar-refractivity contribution in [3.63, 3.8) is 0 Å². The summed E-state index contributed by atoms with van der Waals surface area (Å²) in [6.07, 6.45) is 0. The highest BCUT2D eigenvalue weighted by Crippen LogP contribution is 2.66. The highest BCUT2D eigenvalue weighted by molar-refractivity contribution is 6.13. The summed E-state index contributed by atoms with van der Waals surface area (Å²) in [5.41, 5.74) is 16.6. The summed E-state index contributed by atoms with van der Waals surface area (Å²) in [6, 6.07) is 60.8. The summed E-state index contributed by atoms with van der Waals surface area (Å²) in [6.45, 7) is 9.75. The molecule has 0 saturated carbocycles. The van der Waals surface area contributed by atoms with Crippen molar-refractivity contribution in [2.24, 2.45) is 0 Å². The number of hydrogen-bond acceptors (Lipinski definition) is 1. The molecule has 244 valence electrons. The van der Waals surface area contributed by atoms with Gasteiger partial charge in [-0.05, 0) is 108 Å². The minimum absolute atomic E-state index is 0.259. The molecule has 0 fully saturated rings. The third kappa shape index (κ3) is 4.15. The first-order chi connectivity index (χ1) is 24.9. The van der Waals surface area contributed by atoms with Crippen LogP contribution >= 0.6 is 0 Å². The van der Waals surface area contributed by atoms with Crippen LogP contribution in [0.3, 0.4) is 0 Å². The quantitative estimate of drug-likeness (QED) is 0.171. The van der Waals surface area contributed by atoms with Gasteiger partial charge in [0.2, 0.25) is 0 Å². The molecule has 0 bridgehead atoms. The van der Waals surface area contributed by atoms with E-state index < -0.39 is 0 Å². The second kappa shape index (κ2) is 10.8. The minimum Gasteiger partial charge on any atom is -0.310 e. The zero-order chi connectivity index (χ0) is 34.5. The summed E-state index contributed by atoms with van der Waals surface area (Å²) in [5, 5.41) is 5.13. The van der Waals surface area contributed by atoms with Gasteiger partial charge < -0.3 is 4.90 Å². The summed E-state index contributed by atoms with van der Waals surface area (Å²) in [7, 11) is 0. The smallest absolute Gasteiger partial charge is 0.0556 e. The van der Waals surface area contributed by atoms with Gasteiger partial charge in [0.05, 0.1) is 5.69 Å². The molecule has 2 aliphatic rings. The van der Waals surface area contributed by atoms with Gasteiger partial charge in [0.15, 0.2) is 0 Å². The highest BCUT2D eigenvalue weighted by Gasteiger charge is 2.48. The molecule has 2 aliphatic carbocycles. The fourth-order valence-corrected chi connectivity index (χ4v) is 9.50. The van der Waals surface area contributed by atoms with E-state index in [1.54, 1.807) is 0 Å². The summed E-state index contributed by atoms with van der Waals surface area (Å²) in [4.78, 5) is 2.55. The Morgan fingerprint density at radius 1 is 0.392 bits per heavy atom. The van der Waals surface area contributed by atoms with Crippen LogP contribution in [0.4, 0.5) is 17.1 Å². The van der Waals surface area contributed by atoms with Gasteiger partial charge in [-0.2, -0.15) is 0 Å². The van der Waals surface area contributed by atoms with Gasteiger partial charge >= 0.3 is 0 Å². The topological polar surface area (TPSA) is 3.24 Å². The molecule has 1 nitrogen and oxygen atoms in total. The van der Waals surface area contributed by atoms with Crippen molar-refractivity contribution in [1.82, 2.24) is 0 Å². The number of para-hydroxylation sites is 2. The summed E-state index contributed by atoms with van der Waals surface area (Å²) in [5.74, 6) is 0. The third-order valence-corrected chi connectivity index (χ3v) is 11.7. The number of benzene rings is 8. The maximum Gasteiger partial charge on any atom is 0.0556 e. The molecule has 0 N–H and O–H groups in total. The molecule has 0 saturated heterocycles. The molecule has 0 aliphatic heterocycles. The molecule has 0 heterocycles. The Bertz CT molecular complexity index is 2560. The minimum atomic E-state index is -0.259. The van der Waals surface area contributed by atoms with Gasteiger partial charge in [-0.3, -0.25) is 0 Å². The lowest BCUT2D eigenvalue weighted by atomic mass is 9.73. The predicted molar refractivity (Wildman–Crippen MR) is 217 cm³/mol. The molecule has 10 rings (SSSR count). The second-order valence-corrected chi connectivity index (χ2v) is 15.3. The van der Waals surface area contributed by atoms with E-state index in [-0.39, 0.29) is 10.8 Å². The molecule has 8 aromatic carbocycles. The van der Waals surface area contributed by atoms with Gasteiger partial charge in [-0.25, -0.2) is 0 Å². The van der Waals surface area contributed by atoms with Crippen LogP contribution < -0.4 is 4.90 Å². The molecule has 0 spiro atoms. The molecule has 0 aromatic heterocycles. The van der Waals surface area contributed by atoms with Gasteiger partial charge in [0.25, 0.3) is 0 Å². The lowest BCUT2D eigenvalue weighted by molar-refractivity contribution is 0.640. The molecule has 51 heavy (non-hydrogen) atoms. The Hall–Kier alpha value is -5.92. The zero-order valence-electron chi connectivity index (χ0n) is 29.5. The van der Waals surface area contributed by atoms with Crippen LogP contribution in [0.1, 0.15) is 49.9 Å². The monoisotopic (exact) mass is 653 g/mol. The Kier molecular flexibility index (Phi) is 6.34. The molecular weight excluding hydrogens is 615 g/mol. The number of nitrogens with zero attached hydrogens (tertiary/aromatic N) is 1. The summed E-state index contributed by atoms with van der Waals surface area (Å²) >= 11 is 0. The Morgan fingerprint density at radius 2 is 0.863 bits per heavy atom. The van der Waals surface area contributed by atoms with Crippen LogP contribution in [0.15, 0.2) is 164 Å². The number of rotatable bonds is 4. The standard InChI is InChI=1S/C50H39N/c1-49(2)41-25-15-13-23-39(41)44-43(34-29-30-38-33(31-34)28-27-32-17-11-12-22-37(32)38)45-40-24-14-16-26-42(40)50(3,4)47(45)48(46(44)49)51(35-18-7-5-8-19-35)36-20-9-6-10-21-36/h5-31H,1-4H3. The summed E-state index contributed by atoms with van der Waals surface area (Å²) < 4.78 is 0. The van der Waals surface area contributed by atoms with Gasteiger partial charge in [0.1, 0.15) is 0 Å². The third-order valence-electron chi connectivity index (χ3n) is 11.7. The van der Waals surface area contributed by atoms with E-state index in [0.29, 0.717) is 0 Å². The van der Waals surface area contributed by atoms with Crippen molar-refractivity contribution >= 4 is 38.6 Å². The molecular formula is C50H39N. The van der Waals surface area contributed by atoms with E-state index in [0.717, 1.165) is 11.4 Å². The van der Waals surface area contributed by atoms with Crippen LogP contribution in [-0.4, -0.2) is 0 Å². The van der Waals surface area contributed by atoms with Gasteiger partial charge in [-0.15, -0.1) is 0 Å². The Balaban J connectivity index is 1.42. The van der Waals surface area contributed by atoms with Crippen LogP contribution in [0.2, 0.25) is 0 Å². The van der Waals surface area contributed by atoms with Gasteiger partial charge in [-0.1, -0.05) is 161 Å². The first-order valence-corrected chi connectivity index (χ1v) is 18.1. The maximum absolute atomic E-state index is 2.55. The van der Waals surface area contributed by atoms with E-state index >= 15 is 0 Å². The van der Waals surface area contributed by atoms with Crippen LogP contribution in [0, 0.1) is 0 Å². The first-order valence-electron chi connectivity index (χ1n) is 18.1. The molecule has 0 radical (unpaired) electrons. The lowest BCUT2D eigenvalue weighted by Crippen LogP contribution is -2.26. The molecule has 1 heteroatoms. The van der Waals surface area contributed by atoms with Crippen LogP contribution in [0.25, 0.3) is 54.9 Å². The van der Waals surface area contributed by atoms with Crippen LogP contribution in [0.5, 0.6) is 0 Å². The highest BCUT2D eigenvalue weighted by atomic mass is 15.2. The van der Waals surface area contributed by atoms with E-state index in [9.17, 15) is 0 Å². The number of hydrogen-bond donors (Lipinski definition) is 0. The van der Waals surface area contributed by atoms with E-state index in [1.807, 2.05) is 0 Å². The van der Waals surface area contributed by atoms with Gasteiger partial charge in [0, 0.05) is 22.2 Å². The fraction of sp³-hybridized carbons (Fsp3) is 0.120. The molecule has 0 amide bonds. The zero-order valence-corrected chi connectivity index (χ0v) is 29.5. The van der Waals surface area contributed by atoms with Crippen molar-refractivity contribution in [2.75, 3.05) is 4.90 Å². The predicted octanol–water partition coefficient (Wildman–Crippen LogP) is 13.7. The average molecular weight is 654 g/mol. The molecule has 0 unspecified atom stereocenters. The van der Waals surface area contributed by atoms with Crippen molar-refractivity contribution in [3.05, 3.63) is 186 Å². The van der Waals surface area contributed by atoms with E-state index in [1.165, 1.54) is 82.9 Å². The first kappa shape index (κ1) is 29.9. The molecule has 8 aromatic rings. The lowest BCUT2D eigenvalue weighted by Gasteiger charge is -2.38. The Labute approximate surface area is 300 Å². The van der Waals surface area contributed by atoms with Crippen molar-refractivity contribution in [3.8, 4) is 33.4 Å². The van der Waals surface area contributed by atoms with Crippen molar-refractivity contribution in [2.45, 2.75) is 38.5 Å². The van der Waals surface area contributed by atoms with Crippen LogP contribution in [-0.2, 0) is 10.8 Å².